The van der Waals surface area contributed by atoms with E-state index in [4.69, 9.17) is 11.6 Å². The van der Waals surface area contributed by atoms with Crippen molar-refractivity contribution in [2.45, 2.75) is 58.8 Å². The van der Waals surface area contributed by atoms with E-state index in [1.54, 1.807) is 12.1 Å². The molecule has 1 aromatic rings. The Labute approximate surface area is 122 Å². The molecule has 1 unspecified atom stereocenters. The molecule has 1 rings (SSSR count). The molecule has 0 aliphatic rings. The number of unbranched alkanes of at least 4 members (excludes halogenated alkanes) is 3. The first-order valence-corrected chi connectivity index (χ1v) is 7.86. The van der Waals surface area contributed by atoms with E-state index in [0.717, 1.165) is 37.7 Å². The molecular formula is C17H25ClO. The van der Waals surface area contributed by atoms with Gasteiger partial charge in [0.05, 0.1) is 0 Å². The monoisotopic (exact) mass is 280 g/mol. The van der Waals surface area contributed by atoms with Crippen LogP contribution in [0.25, 0.3) is 0 Å². The van der Waals surface area contributed by atoms with Gasteiger partial charge in [-0.3, -0.25) is 4.79 Å². The second-order valence-electron chi connectivity index (χ2n) is 5.21. The summed E-state index contributed by atoms with van der Waals surface area (Å²) in [6.07, 6.45) is 7.90. The molecule has 0 fully saturated rings. The normalized spacial score (nSPS) is 12.4. The van der Waals surface area contributed by atoms with Crippen molar-refractivity contribution in [1.29, 1.82) is 0 Å². The molecule has 0 amide bonds. The maximum absolute atomic E-state index is 12.5. The molecule has 0 saturated carbocycles. The standard InChI is InChI=1S/C17H25ClO/c1-3-5-7-9-14(8-6-4-2)17(19)15-10-12-16(18)13-11-15/h10-14H,3-9H2,1-2H3. The maximum atomic E-state index is 12.5. The van der Waals surface area contributed by atoms with E-state index >= 15 is 0 Å². The highest BCUT2D eigenvalue weighted by atomic mass is 35.5. The topological polar surface area (TPSA) is 17.1 Å². The molecule has 1 aromatic carbocycles. The summed E-state index contributed by atoms with van der Waals surface area (Å²) in [4.78, 5) is 12.5. The average molecular weight is 281 g/mol. The lowest BCUT2D eigenvalue weighted by Crippen LogP contribution is -2.15. The van der Waals surface area contributed by atoms with E-state index < -0.39 is 0 Å². The summed E-state index contributed by atoms with van der Waals surface area (Å²) >= 11 is 5.87. The van der Waals surface area contributed by atoms with Gasteiger partial charge in [0.2, 0.25) is 0 Å². The molecule has 0 aliphatic heterocycles. The van der Waals surface area contributed by atoms with Crippen LogP contribution in [0.2, 0.25) is 5.02 Å². The number of benzene rings is 1. The van der Waals surface area contributed by atoms with Crippen molar-refractivity contribution in [2.24, 2.45) is 5.92 Å². The molecule has 0 aliphatic carbocycles. The van der Waals surface area contributed by atoms with E-state index in [-0.39, 0.29) is 5.92 Å². The molecule has 0 bridgehead atoms. The number of hydrogen-bond donors (Lipinski definition) is 0. The van der Waals surface area contributed by atoms with Crippen molar-refractivity contribution < 1.29 is 4.79 Å². The lowest BCUT2D eigenvalue weighted by atomic mass is 9.88. The average Bonchev–Trinajstić information content (AvgIpc) is 2.43. The molecule has 0 spiro atoms. The van der Waals surface area contributed by atoms with Crippen molar-refractivity contribution >= 4 is 17.4 Å². The van der Waals surface area contributed by atoms with Gasteiger partial charge in [0.15, 0.2) is 5.78 Å². The van der Waals surface area contributed by atoms with E-state index in [2.05, 4.69) is 13.8 Å². The lowest BCUT2D eigenvalue weighted by Gasteiger charge is -2.15. The Balaban J connectivity index is 2.66. The fraction of sp³-hybridized carbons (Fsp3) is 0.588. The Morgan fingerprint density at radius 1 is 1.00 bits per heavy atom. The van der Waals surface area contributed by atoms with Gasteiger partial charge in [0, 0.05) is 16.5 Å². The molecular weight excluding hydrogens is 256 g/mol. The Morgan fingerprint density at radius 2 is 1.58 bits per heavy atom. The van der Waals surface area contributed by atoms with Gasteiger partial charge >= 0.3 is 0 Å². The third-order valence-electron chi connectivity index (χ3n) is 3.56. The maximum Gasteiger partial charge on any atom is 0.165 e. The minimum atomic E-state index is 0.188. The first kappa shape index (κ1) is 16.2. The van der Waals surface area contributed by atoms with Crippen LogP contribution in [-0.2, 0) is 0 Å². The molecule has 0 N–H and O–H groups in total. The van der Waals surface area contributed by atoms with Crippen LogP contribution in [0.3, 0.4) is 0 Å². The van der Waals surface area contributed by atoms with Gasteiger partial charge < -0.3 is 0 Å². The van der Waals surface area contributed by atoms with Gasteiger partial charge in [0.25, 0.3) is 0 Å². The van der Waals surface area contributed by atoms with Crippen LogP contribution in [0.5, 0.6) is 0 Å². The number of carbonyl (C=O) groups excluding carboxylic acids is 1. The fourth-order valence-electron chi connectivity index (χ4n) is 2.35. The zero-order valence-corrected chi connectivity index (χ0v) is 12.9. The minimum Gasteiger partial charge on any atom is -0.294 e. The molecule has 0 heterocycles. The van der Waals surface area contributed by atoms with E-state index in [0.29, 0.717) is 10.8 Å². The van der Waals surface area contributed by atoms with Gasteiger partial charge in [-0.15, -0.1) is 0 Å². The first-order valence-electron chi connectivity index (χ1n) is 7.48. The number of Topliss-reactive ketones (excluding diaryl/α,β-unsaturated/α-hetero) is 1. The smallest absolute Gasteiger partial charge is 0.165 e. The fourth-order valence-corrected chi connectivity index (χ4v) is 2.47. The number of carbonyl (C=O) groups is 1. The van der Waals surface area contributed by atoms with Gasteiger partial charge in [-0.05, 0) is 37.1 Å². The van der Waals surface area contributed by atoms with Crippen LogP contribution < -0.4 is 0 Å². The van der Waals surface area contributed by atoms with Crippen molar-refractivity contribution in [3.8, 4) is 0 Å². The van der Waals surface area contributed by atoms with Crippen LogP contribution in [0.15, 0.2) is 24.3 Å². The molecule has 0 saturated heterocycles. The number of hydrogen-bond acceptors (Lipinski definition) is 1. The van der Waals surface area contributed by atoms with Crippen LogP contribution >= 0.6 is 11.6 Å². The van der Waals surface area contributed by atoms with Crippen LogP contribution in [-0.4, -0.2) is 5.78 Å². The molecule has 0 radical (unpaired) electrons. The quantitative estimate of drug-likeness (QED) is 0.406. The Morgan fingerprint density at radius 3 is 2.16 bits per heavy atom. The van der Waals surface area contributed by atoms with Crippen molar-refractivity contribution in [3.63, 3.8) is 0 Å². The van der Waals surface area contributed by atoms with Gasteiger partial charge in [-0.25, -0.2) is 0 Å². The highest BCUT2D eigenvalue weighted by molar-refractivity contribution is 6.30. The SMILES string of the molecule is CCCCCC(CCCC)C(=O)c1ccc(Cl)cc1. The molecule has 1 atom stereocenters. The van der Waals surface area contributed by atoms with Gasteiger partial charge in [-0.1, -0.05) is 57.6 Å². The molecule has 106 valence electrons. The summed E-state index contributed by atoms with van der Waals surface area (Å²) in [6.45, 7) is 4.37. The summed E-state index contributed by atoms with van der Waals surface area (Å²) in [6, 6.07) is 7.31. The third kappa shape index (κ3) is 5.78. The van der Waals surface area contributed by atoms with Gasteiger partial charge in [-0.2, -0.15) is 0 Å². The number of halogens is 1. The van der Waals surface area contributed by atoms with E-state index in [1.165, 1.54) is 12.8 Å². The second-order valence-corrected chi connectivity index (χ2v) is 5.64. The summed E-state index contributed by atoms with van der Waals surface area (Å²) in [7, 11) is 0. The summed E-state index contributed by atoms with van der Waals surface area (Å²) in [5, 5.41) is 0.688. The predicted octanol–water partition coefficient (Wildman–Crippen LogP) is 5.91. The van der Waals surface area contributed by atoms with Gasteiger partial charge in [0.1, 0.15) is 0 Å². The Kier molecular flexibility index (Phi) is 7.81. The first-order chi connectivity index (χ1) is 9.19. The highest BCUT2D eigenvalue weighted by Gasteiger charge is 2.18. The van der Waals surface area contributed by atoms with Crippen molar-refractivity contribution in [1.82, 2.24) is 0 Å². The highest BCUT2D eigenvalue weighted by Crippen LogP contribution is 2.22. The van der Waals surface area contributed by atoms with Crippen LogP contribution in [0.4, 0.5) is 0 Å². The van der Waals surface area contributed by atoms with E-state index in [9.17, 15) is 4.79 Å². The Hall–Kier alpha value is -0.820. The minimum absolute atomic E-state index is 0.188. The van der Waals surface area contributed by atoms with E-state index in [1.807, 2.05) is 12.1 Å². The third-order valence-corrected chi connectivity index (χ3v) is 3.81. The molecule has 19 heavy (non-hydrogen) atoms. The summed E-state index contributed by atoms with van der Waals surface area (Å²) in [5.41, 5.74) is 0.807. The zero-order valence-electron chi connectivity index (χ0n) is 12.1. The summed E-state index contributed by atoms with van der Waals surface area (Å²) in [5.74, 6) is 0.480. The van der Waals surface area contributed by atoms with Crippen LogP contribution in [0, 0.1) is 5.92 Å². The Bertz CT molecular complexity index is 369. The van der Waals surface area contributed by atoms with Crippen molar-refractivity contribution in [2.75, 3.05) is 0 Å². The molecule has 2 heteroatoms. The summed E-state index contributed by atoms with van der Waals surface area (Å²) < 4.78 is 0. The second kappa shape index (κ2) is 9.14. The number of rotatable bonds is 9. The molecule has 0 aromatic heterocycles. The van der Waals surface area contributed by atoms with Crippen LogP contribution in [0.1, 0.15) is 69.2 Å². The zero-order chi connectivity index (χ0) is 14.1. The molecule has 1 nitrogen and oxygen atoms in total. The number of ketones is 1. The lowest BCUT2D eigenvalue weighted by molar-refractivity contribution is 0.0902. The predicted molar refractivity (Wildman–Crippen MR) is 82.9 cm³/mol. The largest absolute Gasteiger partial charge is 0.294 e. The van der Waals surface area contributed by atoms with Crippen molar-refractivity contribution in [3.05, 3.63) is 34.9 Å².